The summed E-state index contributed by atoms with van der Waals surface area (Å²) in [5.41, 5.74) is 2.55. The third kappa shape index (κ3) is 3.77. The minimum absolute atomic E-state index is 0.190. The smallest absolute Gasteiger partial charge is 0.156 e. The number of piperidine rings is 1. The van der Waals surface area contributed by atoms with Crippen molar-refractivity contribution in [1.82, 2.24) is 15.1 Å². The largest absolute Gasteiger partial charge is 0.507 e. The number of aromatic hydroxyl groups is 1. The molecule has 5 nitrogen and oxygen atoms in total. The van der Waals surface area contributed by atoms with Gasteiger partial charge >= 0.3 is 0 Å². The Morgan fingerprint density at radius 1 is 1.15 bits per heavy atom. The molecule has 1 saturated heterocycles. The number of benzene rings is 2. The van der Waals surface area contributed by atoms with Crippen LogP contribution in [-0.2, 0) is 0 Å². The number of nitrogens with zero attached hydrogens (tertiary/aromatic N) is 3. The van der Waals surface area contributed by atoms with Crippen LogP contribution in [-0.4, -0.2) is 46.4 Å². The maximum Gasteiger partial charge on any atom is 0.156 e. The molecule has 140 valence electrons. The Kier molecular flexibility index (Phi) is 5.02. The predicted molar refractivity (Wildman–Crippen MR) is 113 cm³/mol. The zero-order valence-electron chi connectivity index (χ0n) is 15.5. The summed E-state index contributed by atoms with van der Waals surface area (Å²) in [5, 5.41) is 25.0. The molecule has 2 aromatic carbocycles. The molecule has 0 radical (unpaired) electrons. The molecule has 2 N–H and O–H groups in total. The van der Waals surface area contributed by atoms with Crippen LogP contribution in [0.15, 0.2) is 40.9 Å². The highest BCUT2D eigenvalue weighted by Gasteiger charge is 2.20. The van der Waals surface area contributed by atoms with Gasteiger partial charge in [0.15, 0.2) is 5.82 Å². The summed E-state index contributed by atoms with van der Waals surface area (Å²) in [6, 6.07) is 12.1. The molecular formula is C21H23BrN4O. The van der Waals surface area contributed by atoms with E-state index in [4.69, 9.17) is 0 Å². The summed E-state index contributed by atoms with van der Waals surface area (Å²) >= 11 is 3.39. The van der Waals surface area contributed by atoms with E-state index in [2.05, 4.69) is 68.5 Å². The fourth-order valence-electron chi connectivity index (χ4n) is 3.76. The minimum Gasteiger partial charge on any atom is -0.507 e. The first-order valence-corrected chi connectivity index (χ1v) is 10.0. The number of hydrogen-bond donors (Lipinski definition) is 2. The molecule has 3 aromatic rings. The van der Waals surface area contributed by atoms with Crippen LogP contribution in [0.2, 0.25) is 0 Å². The van der Waals surface area contributed by atoms with Crippen LogP contribution in [0.1, 0.15) is 18.4 Å². The summed E-state index contributed by atoms with van der Waals surface area (Å²) in [5.74, 6) is 1.00. The Morgan fingerprint density at radius 2 is 2.00 bits per heavy atom. The fraction of sp³-hybridized carbons (Fsp3) is 0.333. The first kappa shape index (κ1) is 18.2. The molecule has 0 aliphatic carbocycles. The summed E-state index contributed by atoms with van der Waals surface area (Å²) in [4.78, 5) is 2.34. The average Bonchev–Trinajstić information content (AvgIpc) is 2.63. The van der Waals surface area contributed by atoms with Crippen molar-refractivity contribution in [3.8, 4) is 17.0 Å². The van der Waals surface area contributed by atoms with E-state index in [1.54, 1.807) is 6.07 Å². The lowest BCUT2D eigenvalue weighted by Crippen LogP contribution is -2.40. The highest BCUT2D eigenvalue weighted by atomic mass is 79.9. The zero-order valence-corrected chi connectivity index (χ0v) is 17.1. The molecule has 0 bridgehead atoms. The number of aryl methyl sites for hydroxylation is 1. The van der Waals surface area contributed by atoms with Crippen molar-refractivity contribution < 1.29 is 5.11 Å². The van der Waals surface area contributed by atoms with Crippen LogP contribution < -0.4 is 5.32 Å². The molecule has 0 spiro atoms. The van der Waals surface area contributed by atoms with Crippen LogP contribution in [0.25, 0.3) is 22.0 Å². The molecule has 0 saturated carbocycles. The van der Waals surface area contributed by atoms with Crippen LogP contribution in [0, 0.1) is 6.92 Å². The molecule has 1 atom stereocenters. The Balaban J connectivity index is 1.79. The van der Waals surface area contributed by atoms with E-state index in [0.29, 0.717) is 17.3 Å². The second kappa shape index (κ2) is 7.44. The van der Waals surface area contributed by atoms with E-state index in [9.17, 15) is 5.11 Å². The summed E-state index contributed by atoms with van der Waals surface area (Å²) in [7, 11) is 2.15. The first-order chi connectivity index (χ1) is 13.0. The normalized spacial score (nSPS) is 18.0. The number of hydrogen-bond acceptors (Lipinski definition) is 5. The van der Waals surface area contributed by atoms with E-state index in [1.807, 2.05) is 12.1 Å². The van der Waals surface area contributed by atoms with Crippen molar-refractivity contribution in [2.24, 2.45) is 0 Å². The van der Waals surface area contributed by atoms with E-state index in [0.717, 1.165) is 40.6 Å². The van der Waals surface area contributed by atoms with E-state index >= 15 is 0 Å². The average molecular weight is 427 g/mol. The van der Waals surface area contributed by atoms with Gasteiger partial charge in [-0.15, -0.1) is 10.2 Å². The molecule has 1 aliphatic rings. The quantitative estimate of drug-likeness (QED) is 0.641. The first-order valence-electron chi connectivity index (χ1n) is 9.22. The van der Waals surface area contributed by atoms with Gasteiger partial charge in [0.05, 0.1) is 0 Å². The molecule has 1 aromatic heterocycles. The van der Waals surface area contributed by atoms with Crippen LogP contribution in [0.5, 0.6) is 5.75 Å². The number of fused-ring (bicyclic) bond motifs is 1. The molecule has 2 heterocycles. The number of likely N-dealkylation sites (N-methyl/N-ethyl adjacent to an activating group) is 1. The van der Waals surface area contributed by atoms with Gasteiger partial charge in [-0.25, -0.2) is 0 Å². The van der Waals surface area contributed by atoms with Crippen LogP contribution in [0.4, 0.5) is 5.82 Å². The number of halogens is 1. The third-order valence-electron chi connectivity index (χ3n) is 5.12. The van der Waals surface area contributed by atoms with Gasteiger partial charge in [-0.3, -0.25) is 0 Å². The Bertz CT molecular complexity index is 991. The summed E-state index contributed by atoms with van der Waals surface area (Å²) in [6.07, 6.45) is 2.32. The van der Waals surface area contributed by atoms with Crippen molar-refractivity contribution in [1.29, 1.82) is 0 Å². The number of anilines is 1. The van der Waals surface area contributed by atoms with Gasteiger partial charge in [0.25, 0.3) is 0 Å². The molecular weight excluding hydrogens is 404 g/mol. The lowest BCUT2D eigenvalue weighted by molar-refractivity contribution is 0.261. The second-order valence-corrected chi connectivity index (χ2v) is 8.27. The van der Waals surface area contributed by atoms with Crippen molar-refractivity contribution in [2.75, 3.05) is 25.5 Å². The zero-order chi connectivity index (χ0) is 19.0. The van der Waals surface area contributed by atoms with Gasteiger partial charge < -0.3 is 15.3 Å². The fourth-order valence-corrected chi connectivity index (χ4v) is 4.11. The molecule has 27 heavy (non-hydrogen) atoms. The van der Waals surface area contributed by atoms with E-state index in [1.165, 1.54) is 12.0 Å². The molecule has 6 heteroatoms. The van der Waals surface area contributed by atoms with Crippen molar-refractivity contribution in [2.45, 2.75) is 25.8 Å². The monoisotopic (exact) mass is 426 g/mol. The van der Waals surface area contributed by atoms with Crippen molar-refractivity contribution in [3.63, 3.8) is 0 Å². The predicted octanol–water partition coefficient (Wildman–Crippen LogP) is 4.58. The van der Waals surface area contributed by atoms with Gasteiger partial charge in [-0.05, 0) is 57.6 Å². The molecule has 1 aliphatic heterocycles. The SMILES string of the molecule is Cc1ccc2c(-c3ccc(Br)cc3O)nnc(N[C@@H]3CCCN(C)C3)c2c1. The maximum absolute atomic E-state index is 10.4. The van der Waals surface area contributed by atoms with Gasteiger partial charge in [0, 0.05) is 33.4 Å². The third-order valence-corrected chi connectivity index (χ3v) is 5.61. The number of phenols is 1. The Labute approximate surface area is 167 Å². The van der Waals surface area contributed by atoms with Crippen LogP contribution >= 0.6 is 15.9 Å². The van der Waals surface area contributed by atoms with Gasteiger partial charge in [0.1, 0.15) is 11.4 Å². The summed E-state index contributed by atoms with van der Waals surface area (Å²) < 4.78 is 0.830. The van der Waals surface area contributed by atoms with Crippen molar-refractivity contribution in [3.05, 3.63) is 46.4 Å². The lowest BCUT2D eigenvalue weighted by Gasteiger charge is -2.30. The lowest BCUT2D eigenvalue weighted by atomic mass is 10.0. The minimum atomic E-state index is 0.190. The summed E-state index contributed by atoms with van der Waals surface area (Å²) in [6.45, 7) is 4.23. The second-order valence-electron chi connectivity index (χ2n) is 7.35. The topological polar surface area (TPSA) is 61.3 Å². The van der Waals surface area contributed by atoms with E-state index < -0.39 is 0 Å². The standard InChI is InChI=1S/C21H23BrN4O/c1-13-5-7-16-18(10-13)21(23-15-4-3-9-26(2)12-15)25-24-20(16)17-8-6-14(22)11-19(17)27/h5-8,10-11,15,27H,3-4,9,12H2,1-2H3,(H,23,25)/t15-/m1/s1. The number of phenolic OH excluding ortho intramolecular Hbond substituents is 1. The molecule has 0 unspecified atom stereocenters. The molecule has 4 rings (SSSR count). The maximum atomic E-state index is 10.4. The number of rotatable bonds is 3. The van der Waals surface area contributed by atoms with E-state index in [-0.39, 0.29) is 5.75 Å². The van der Waals surface area contributed by atoms with Gasteiger partial charge in [-0.2, -0.15) is 0 Å². The van der Waals surface area contributed by atoms with Gasteiger partial charge in [-0.1, -0.05) is 33.6 Å². The Morgan fingerprint density at radius 3 is 2.78 bits per heavy atom. The highest BCUT2D eigenvalue weighted by molar-refractivity contribution is 9.10. The number of likely N-dealkylation sites (tertiary alicyclic amines) is 1. The molecule has 1 fully saturated rings. The number of nitrogens with one attached hydrogen (secondary N) is 1. The van der Waals surface area contributed by atoms with Crippen LogP contribution in [0.3, 0.4) is 0 Å². The van der Waals surface area contributed by atoms with Gasteiger partial charge in [0.2, 0.25) is 0 Å². The molecule has 0 amide bonds. The Hall–Kier alpha value is -2.18. The number of aromatic nitrogens is 2. The van der Waals surface area contributed by atoms with Crippen molar-refractivity contribution >= 4 is 32.5 Å². The highest BCUT2D eigenvalue weighted by Crippen LogP contribution is 2.36.